The number of piperazine rings is 1. The average Bonchev–Trinajstić information content (AvgIpc) is 3.51. The number of nitrogens with zero attached hydrogens (tertiary/aromatic N) is 4. The summed E-state index contributed by atoms with van der Waals surface area (Å²) in [6, 6.07) is 8.24. The van der Waals surface area contributed by atoms with Crippen LogP contribution in [0.5, 0.6) is 5.75 Å². The lowest BCUT2D eigenvalue weighted by Crippen LogP contribution is -2.48. The number of carbonyl (C=O) groups is 2. The van der Waals surface area contributed by atoms with Gasteiger partial charge in [0, 0.05) is 57.5 Å². The summed E-state index contributed by atoms with van der Waals surface area (Å²) in [6.45, 7) is 5.57. The van der Waals surface area contributed by atoms with Crippen LogP contribution in [-0.2, 0) is 22.6 Å². The van der Waals surface area contributed by atoms with Crippen LogP contribution in [0.4, 0.5) is 5.13 Å². The molecule has 166 valence electrons. The minimum Gasteiger partial charge on any atom is -0.497 e. The molecule has 31 heavy (non-hydrogen) atoms. The number of aromatic nitrogens is 1. The maximum atomic E-state index is 12.6. The molecule has 0 spiro atoms. The Morgan fingerprint density at radius 2 is 1.87 bits per heavy atom. The second-order valence-electron chi connectivity index (χ2n) is 8.25. The van der Waals surface area contributed by atoms with Gasteiger partial charge in [0.15, 0.2) is 5.13 Å². The lowest BCUT2D eigenvalue weighted by molar-refractivity contribution is -0.133. The van der Waals surface area contributed by atoms with Gasteiger partial charge < -0.3 is 9.64 Å². The number of methoxy groups -OCH3 is 1. The van der Waals surface area contributed by atoms with Gasteiger partial charge >= 0.3 is 0 Å². The molecule has 0 radical (unpaired) electrons. The van der Waals surface area contributed by atoms with E-state index in [9.17, 15) is 9.59 Å². The molecule has 7 nitrogen and oxygen atoms in total. The van der Waals surface area contributed by atoms with Gasteiger partial charge in [-0.15, -0.1) is 11.3 Å². The van der Waals surface area contributed by atoms with Gasteiger partial charge in [0.2, 0.25) is 11.8 Å². The fourth-order valence-electron chi connectivity index (χ4n) is 3.95. The van der Waals surface area contributed by atoms with Crippen LogP contribution in [0.3, 0.4) is 0 Å². The predicted molar refractivity (Wildman–Crippen MR) is 121 cm³/mol. The second kappa shape index (κ2) is 9.78. The summed E-state index contributed by atoms with van der Waals surface area (Å²) in [5.74, 6) is 1.12. The SMILES string of the molecule is COc1ccc(CCC(=O)N2CCN(Cc3csc(N(C(C)=O)C4CC4)n3)CC2)cc1. The van der Waals surface area contributed by atoms with Crippen molar-refractivity contribution in [3.8, 4) is 5.75 Å². The second-order valence-corrected chi connectivity index (χ2v) is 9.08. The van der Waals surface area contributed by atoms with Crippen LogP contribution >= 0.6 is 11.3 Å². The number of amides is 2. The van der Waals surface area contributed by atoms with E-state index in [2.05, 4.69) is 10.3 Å². The number of hydrogen-bond acceptors (Lipinski definition) is 6. The fraction of sp³-hybridized carbons (Fsp3) is 0.522. The Labute approximate surface area is 187 Å². The van der Waals surface area contributed by atoms with Crippen molar-refractivity contribution in [1.29, 1.82) is 0 Å². The van der Waals surface area contributed by atoms with Gasteiger partial charge in [0.05, 0.1) is 12.8 Å². The maximum absolute atomic E-state index is 12.6. The number of hydrogen-bond donors (Lipinski definition) is 0. The van der Waals surface area contributed by atoms with Gasteiger partial charge in [0.1, 0.15) is 5.75 Å². The van der Waals surface area contributed by atoms with Crippen molar-refractivity contribution in [2.75, 3.05) is 38.2 Å². The van der Waals surface area contributed by atoms with E-state index >= 15 is 0 Å². The molecule has 0 bridgehead atoms. The van der Waals surface area contributed by atoms with E-state index in [-0.39, 0.29) is 11.8 Å². The van der Waals surface area contributed by atoms with Crippen LogP contribution in [0, 0.1) is 0 Å². The van der Waals surface area contributed by atoms with Crippen LogP contribution in [0.2, 0.25) is 0 Å². The minimum atomic E-state index is 0.0742. The summed E-state index contributed by atoms with van der Waals surface area (Å²) in [5.41, 5.74) is 2.16. The molecular formula is C23H30N4O3S. The van der Waals surface area contributed by atoms with Crippen molar-refractivity contribution in [3.63, 3.8) is 0 Å². The van der Waals surface area contributed by atoms with Crippen LogP contribution in [-0.4, -0.2) is 65.9 Å². The fourth-order valence-corrected chi connectivity index (χ4v) is 4.88. The summed E-state index contributed by atoms with van der Waals surface area (Å²) in [5, 5.41) is 2.87. The molecule has 8 heteroatoms. The highest BCUT2D eigenvalue weighted by Gasteiger charge is 2.33. The van der Waals surface area contributed by atoms with Gasteiger partial charge in [-0.2, -0.15) is 0 Å². The van der Waals surface area contributed by atoms with Gasteiger partial charge in [0.25, 0.3) is 0 Å². The molecule has 2 heterocycles. The minimum absolute atomic E-state index is 0.0742. The molecule has 2 amide bonds. The Kier molecular flexibility index (Phi) is 6.87. The molecule has 1 aliphatic heterocycles. The van der Waals surface area contributed by atoms with Gasteiger partial charge in [-0.1, -0.05) is 12.1 Å². The Hall–Kier alpha value is -2.45. The number of benzene rings is 1. The molecule has 0 N–H and O–H groups in total. The summed E-state index contributed by atoms with van der Waals surface area (Å²) >= 11 is 1.55. The number of carbonyl (C=O) groups excluding carboxylic acids is 2. The van der Waals surface area contributed by atoms with Crippen LogP contribution < -0.4 is 9.64 Å². The zero-order valence-corrected chi connectivity index (χ0v) is 19.1. The molecule has 1 aromatic carbocycles. The average molecular weight is 443 g/mol. The largest absolute Gasteiger partial charge is 0.497 e. The Morgan fingerprint density at radius 3 is 2.48 bits per heavy atom. The third-order valence-corrected chi connectivity index (χ3v) is 6.78. The maximum Gasteiger partial charge on any atom is 0.225 e. The first-order chi connectivity index (χ1) is 15.0. The van der Waals surface area contributed by atoms with Crippen molar-refractivity contribution >= 4 is 28.3 Å². The first kappa shape index (κ1) is 21.8. The van der Waals surface area contributed by atoms with Crippen LogP contribution in [0.15, 0.2) is 29.6 Å². The van der Waals surface area contributed by atoms with E-state index in [0.29, 0.717) is 12.5 Å². The van der Waals surface area contributed by atoms with Gasteiger partial charge in [-0.25, -0.2) is 4.98 Å². The summed E-state index contributed by atoms with van der Waals surface area (Å²) in [4.78, 5) is 35.4. The Balaban J connectivity index is 1.22. The van der Waals surface area contributed by atoms with Gasteiger partial charge in [-0.05, 0) is 37.0 Å². The lowest BCUT2D eigenvalue weighted by Gasteiger charge is -2.34. The topological polar surface area (TPSA) is 66.0 Å². The Bertz CT molecular complexity index is 902. The monoisotopic (exact) mass is 442 g/mol. The van der Waals surface area contributed by atoms with Crippen molar-refractivity contribution in [3.05, 3.63) is 40.9 Å². The molecule has 4 rings (SSSR count). The quantitative estimate of drug-likeness (QED) is 0.629. The number of rotatable bonds is 8. The number of ether oxygens (including phenoxy) is 1. The van der Waals surface area contributed by atoms with Crippen LogP contribution in [0.25, 0.3) is 0 Å². The third kappa shape index (κ3) is 5.62. The molecule has 0 unspecified atom stereocenters. The van der Waals surface area contributed by atoms with Crippen molar-refractivity contribution in [2.24, 2.45) is 0 Å². The zero-order valence-electron chi connectivity index (χ0n) is 18.2. The molecular weight excluding hydrogens is 412 g/mol. The van der Waals surface area contributed by atoms with E-state index in [1.165, 1.54) is 0 Å². The van der Waals surface area contributed by atoms with Crippen molar-refractivity contribution < 1.29 is 14.3 Å². The summed E-state index contributed by atoms with van der Waals surface area (Å²) < 4.78 is 5.18. The molecule has 2 aromatic rings. The highest BCUT2D eigenvalue weighted by atomic mass is 32.1. The van der Waals surface area contributed by atoms with E-state index in [0.717, 1.165) is 74.1 Å². The summed E-state index contributed by atoms with van der Waals surface area (Å²) in [7, 11) is 1.65. The molecule has 2 aliphatic rings. The van der Waals surface area contributed by atoms with E-state index in [1.807, 2.05) is 34.1 Å². The van der Waals surface area contributed by atoms with E-state index in [4.69, 9.17) is 9.72 Å². The van der Waals surface area contributed by atoms with Crippen molar-refractivity contribution in [2.45, 2.75) is 45.2 Å². The number of anilines is 1. The standard InChI is InChI=1S/C23H30N4O3S/c1-17(28)27(20-6-7-20)23-24-19(16-31-23)15-25-11-13-26(14-12-25)22(29)10-5-18-3-8-21(30-2)9-4-18/h3-4,8-9,16,20H,5-7,10-15H2,1-2H3. The van der Waals surface area contributed by atoms with Crippen LogP contribution in [0.1, 0.15) is 37.4 Å². The highest BCUT2D eigenvalue weighted by Crippen LogP contribution is 2.33. The first-order valence-electron chi connectivity index (χ1n) is 10.9. The number of aryl methyl sites for hydroxylation is 1. The Morgan fingerprint density at radius 1 is 1.16 bits per heavy atom. The molecule has 0 atom stereocenters. The normalized spacial score (nSPS) is 16.9. The summed E-state index contributed by atoms with van der Waals surface area (Å²) in [6.07, 6.45) is 3.42. The zero-order chi connectivity index (χ0) is 21.8. The molecule has 2 fully saturated rings. The van der Waals surface area contributed by atoms with E-state index < -0.39 is 0 Å². The smallest absolute Gasteiger partial charge is 0.225 e. The van der Waals surface area contributed by atoms with E-state index in [1.54, 1.807) is 25.4 Å². The first-order valence-corrected chi connectivity index (χ1v) is 11.8. The molecule has 1 aromatic heterocycles. The third-order valence-electron chi connectivity index (χ3n) is 5.89. The van der Waals surface area contributed by atoms with Gasteiger partial charge in [-0.3, -0.25) is 19.4 Å². The lowest BCUT2D eigenvalue weighted by atomic mass is 10.1. The van der Waals surface area contributed by atoms with Crippen molar-refractivity contribution in [1.82, 2.24) is 14.8 Å². The predicted octanol–water partition coefficient (Wildman–Crippen LogP) is 2.94. The molecule has 1 aliphatic carbocycles. The molecule has 1 saturated carbocycles. The highest BCUT2D eigenvalue weighted by molar-refractivity contribution is 7.14. The number of thiazole rings is 1. The molecule has 1 saturated heterocycles.